The van der Waals surface area contributed by atoms with E-state index in [0.717, 1.165) is 38.6 Å². The van der Waals surface area contributed by atoms with Gasteiger partial charge < -0.3 is 5.32 Å². The van der Waals surface area contributed by atoms with Crippen molar-refractivity contribution >= 4 is 11.7 Å². The fourth-order valence-corrected chi connectivity index (χ4v) is 5.52. The molecule has 0 spiro atoms. The number of nitrogens with one attached hydrogen (secondary N) is 1. The molecule has 3 aliphatic rings. The topological polar surface area (TPSA) is 49.4 Å². The first-order valence-corrected chi connectivity index (χ1v) is 11.2. The number of ketones is 1. The van der Waals surface area contributed by atoms with E-state index in [4.69, 9.17) is 0 Å². The Kier molecular flexibility index (Phi) is 6.15. The SMILES string of the molecule is CC1CCCCN1Cc1ccccc1CNC(=O)C1CC2CCCC(C1)C2=O. The number of fused-ring (bicyclic) bond motifs is 2. The van der Waals surface area contributed by atoms with Crippen molar-refractivity contribution in [1.82, 2.24) is 10.2 Å². The van der Waals surface area contributed by atoms with E-state index in [1.807, 2.05) is 0 Å². The van der Waals surface area contributed by atoms with Gasteiger partial charge in [-0.25, -0.2) is 0 Å². The molecule has 1 N–H and O–H groups in total. The number of Topliss-reactive ketones (excluding diaryl/α,β-unsaturated/α-hetero) is 1. The highest BCUT2D eigenvalue weighted by Gasteiger charge is 2.41. The molecule has 1 amide bonds. The molecule has 2 saturated carbocycles. The maximum atomic E-state index is 12.8. The van der Waals surface area contributed by atoms with Gasteiger partial charge in [-0.1, -0.05) is 37.1 Å². The minimum atomic E-state index is 0.0160. The highest BCUT2D eigenvalue weighted by atomic mass is 16.2. The van der Waals surface area contributed by atoms with E-state index in [2.05, 4.69) is 41.4 Å². The molecule has 1 heterocycles. The third-order valence-corrected chi connectivity index (χ3v) is 7.30. The Morgan fingerprint density at radius 2 is 1.75 bits per heavy atom. The summed E-state index contributed by atoms with van der Waals surface area (Å²) in [6.07, 6.45) is 8.53. The molecule has 3 unspecified atom stereocenters. The van der Waals surface area contributed by atoms with Crippen molar-refractivity contribution in [2.75, 3.05) is 6.54 Å². The largest absolute Gasteiger partial charge is 0.352 e. The number of amides is 1. The Hall–Kier alpha value is -1.68. The number of hydrogen-bond acceptors (Lipinski definition) is 3. The van der Waals surface area contributed by atoms with Crippen molar-refractivity contribution in [1.29, 1.82) is 0 Å². The van der Waals surface area contributed by atoms with Gasteiger partial charge in [-0.15, -0.1) is 0 Å². The maximum absolute atomic E-state index is 12.8. The predicted octanol–water partition coefficient (Wildman–Crippen LogP) is 4.07. The number of piperidine rings is 1. The molecular weight excluding hydrogens is 348 g/mol. The predicted molar refractivity (Wildman–Crippen MR) is 111 cm³/mol. The summed E-state index contributed by atoms with van der Waals surface area (Å²) in [4.78, 5) is 27.7. The molecule has 0 radical (unpaired) electrons. The monoisotopic (exact) mass is 382 g/mol. The smallest absolute Gasteiger partial charge is 0.223 e. The normalized spacial score (nSPS) is 30.8. The number of rotatable bonds is 5. The first kappa shape index (κ1) is 19.6. The first-order valence-electron chi connectivity index (χ1n) is 11.2. The summed E-state index contributed by atoms with van der Waals surface area (Å²) in [5, 5.41) is 3.19. The molecule has 28 heavy (non-hydrogen) atoms. The molecule has 1 saturated heterocycles. The van der Waals surface area contributed by atoms with Crippen LogP contribution in [0, 0.1) is 17.8 Å². The van der Waals surface area contributed by atoms with Gasteiger partial charge in [-0.2, -0.15) is 0 Å². The second kappa shape index (κ2) is 8.77. The molecule has 0 aromatic heterocycles. The van der Waals surface area contributed by atoms with Gasteiger partial charge in [0.25, 0.3) is 0 Å². The number of likely N-dealkylation sites (tertiary alicyclic amines) is 1. The summed E-state index contributed by atoms with van der Waals surface area (Å²) in [5.41, 5.74) is 2.55. The van der Waals surface area contributed by atoms with Gasteiger partial charge in [0.1, 0.15) is 5.78 Å². The van der Waals surface area contributed by atoms with Crippen LogP contribution in [-0.4, -0.2) is 29.2 Å². The molecule has 3 atom stereocenters. The van der Waals surface area contributed by atoms with Crippen LogP contribution >= 0.6 is 0 Å². The van der Waals surface area contributed by atoms with Crippen molar-refractivity contribution < 1.29 is 9.59 Å². The van der Waals surface area contributed by atoms with Crippen LogP contribution in [0.1, 0.15) is 69.4 Å². The van der Waals surface area contributed by atoms with E-state index in [-0.39, 0.29) is 23.7 Å². The molecule has 2 aliphatic carbocycles. The number of nitrogens with zero attached hydrogens (tertiary/aromatic N) is 1. The highest BCUT2D eigenvalue weighted by molar-refractivity contribution is 5.88. The molecule has 4 nitrogen and oxygen atoms in total. The van der Waals surface area contributed by atoms with Crippen LogP contribution in [0.25, 0.3) is 0 Å². The third kappa shape index (κ3) is 4.32. The van der Waals surface area contributed by atoms with Crippen LogP contribution < -0.4 is 5.32 Å². The van der Waals surface area contributed by atoms with Gasteiger partial charge in [0.15, 0.2) is 0 Å². The lowest BCUT2D eigenvalue weighted by Gasteiger charge is -2.37. The van der Waals surface area contributed by atoms with Crippen LogP contribution in [-0.2, 0) is 22.7 Å². The molecule has 1 aromatic carbocycles. The Labute approximate surface area is 169 Å². The molecular formula is C24H34N2O2. The standard InChI is InChI=1S/C24H34N2O2/c1-17-7-4-5-12-26(17)16-21-9-3-2-8-20(21)15-25-24(28)22-13-18-10-6-11-19(14-22)23(18)27/h2-3,8-9,17-19,22H,4-7,10-16H2,1H3,(H,25,28). The molecule has 152 valence electrons. The second-order valence-electron chi connectivity index (χ2n) is 9.20. The van der Waals surface area contributed by atoms with Gasteiger partial charge >= 0.3 is 0 Å². The number of carbonyl (C=O) groups excluding carboxylic acids is 2. The average Bonchev–Trinajstić information content (AvgIpc) is 2.68. The number of benzene rings is 1. The summed E-state index contributed by atoms with van der Waals surface area (Å²) < 4.78 is 0. The average molecular weight is 383 g/mol. The quantitative estimate of drug-likeness (QED) is 0.835. The van der Waals surface area contributed by atoms with E-state index in [1.165, 1.54) is 36.9 Å². The third-order valence-electron chi connectivity index (χ3n) is 7.30. The van der Waals surface area contributed by atoms with Crippen molar-refractivity contribution in [2.45, 2.75) is 77.4 Å². The highest BCUT2D eigenvalue weighted by Crippen LogP contribution is 2.40. The summed E-state index contributed by atoms with van der Waals surface area (Å²) in [6.45, 7) is 5.05. The van der Waals surface area contributed by atoms with Crippen molar-refractivity contribution in [3.05, 3.63) is 35.4 Å². The molecule has 3 fully saturated rings. The Balaban J connectivity index is 1.36. The fraction of sp³-hybridized carbons (Fsp3) is 0.667. The van der Waals surface area contributed by atoms with Crippen LogP contribution in [0.4, 0.5) is 0 Å². The lowest BCUT2D eigenvalue weighted by atomic mass is 9.67. The molecule has 2 bridgehead atoms. The fourth-order valence-electron chi connectivity index (χ4n) is 5.52. The minimum Gasteiger partial charge on any atom is -0.352 e. The van der Waals surface area contributed by atoms with E-state index in [0.29, 0.717) is 18.4 Å². The van der Waals surface area contributed by atoms with Crippen molar-refractivity contribution in [3.63, 3.8) is 0 Å². The van der Waals surface area contributed by atoms with Crippen LogP contribution in [0.3, 0.4) is 0 Å². The summed E-state index contributed by atoms with van der Waals surface area (Å²) in [7, 11) is 0. The molecule has 1 aromatic rings. The van der Waals surface area contributed by atoms with Gasteiger partial charge in [-0.3, -0.25) is 14.5 Å². The van der Waals surface area contributed by atoms with E-state index in [9.17, 15) is 9.59 Å². The summed E-state index contributed by atoms with van der Waals surface area (Å²) >= 11 is 0. The van der Waals surface area contributed by atoms with Gasteiger partial charge in [0.05, 0.1) is 0 Å². The zero-order valence-electron chi connectivity index (χ0n) is 17.2. The van der Waals surface area contributed by atoms with E-state index < -0.39 is 0 Å². The zero-order chi connectivity index (χ0) is 19.5. The van der Waals surface area contributed by atoms with Gasteiger partial charge in [0.2, 0.25) is 5.91 Å². The zero-order valence-corrected chi connectivity index (χ0v) is 17.2. The maximum Gasteiger partial charge on any atom is 0.223 e. The Morgan fingerprint density at radius 1 is 1.04 bits per heavy atom. The second-order valence-corrected chi connectivity index (χ2v) is 9.20. The summed E-state index contributed by atoms with van der Waals surface area (Å²) in [6, 6.07) is 9.14. The van der Waals surface area contributed by atoms with Crippen LogP contribution in [0.5, 0.6) is 0 Å². The molecule has 4 rings (SSSR count). The van der Waals surface area contributed by atoms with Gasteiger partial charge in [-0.05, 0) is 63.1 Å². The lowest BCUT2D eigenvalue weighted by molar-refractivity contribution is -0.137. The van der Waals surface area contributed by atoms with Crippen LogP contribution in [0.15, 0.2) is 24.3 Å². The lowest BCUT2D eigenvalue weighted by Crippen LogP contribution is -2.42. The van der Waals surface area contributed by atoms with E-state index >= 15 is 0 Å². The first-order chi connectivity index (χ1) is 13.6. The number of carbonyl (C=O) groups is 2. The molecule has 4 heteroatoms. The number of hydrogen-bond donors (Lipinski definition) is 1. The summed E-state index contributed by atoms with van der Waals surface area (Å²) in [5.74, 6) is 0.858. The van der Waals surface area contributed by atoms with Gasteiger partial charge in [0, 0.05) is 36.9 Å². The molecule has 1 aliphatic heterocycles. The Bertz CT molecular complexity index is 700. The Morgan fingerprint density at radius 3 is 2.46 bits per heavy atom. The minimum absolute atomic E-state index is 0.0160. The van der Waals surface area contributed by atoms with Crippen molar-refractivity contribution in [3.8, 4) is 0 Å². The van der Waals surface area contributed by atoms with E-state index in [1.54, 1.807) is 0 Å². The van der Waals surface area contributed by atoms with Crippen molar-refractivity contribution in [2.24, 2.45) is 17.8 Å². The van der Waals surface area contributed by atoms with Crippen LogP contribution in [0.2, 0.25) is 0 Å².